The van der Waals surface area contributed by atoms with Crippen molar-refractivity contribution in [2.24, 2.45) is 0 Å². The number of benzene rings is 2. The van der Waals surface area contributed by atoms with Gasteiger partial charge in [-0.3, -0.25) is 4.98 Å². The summed E-state index contributed by atoms with van der Waals surface area (Å²) in [6, 6.07) is 17.3. The van der Waals surface area contributed by atoms with Crippen LogP contribution in [0.25, 0.3) is 23.1 Å². The fourth-order valence-corrected chi connectivity index (χ4v) is 2.30. The van der Waals surface area contributed by atoms with Gasteiger partial charge in [-0.2, -0.15) is 0 Å². The number of esters is 1. The fourth-order valence-electron chi connectivity index (χ4n) is 2.30. The molecule has 22 heavy (non-hydrogen) atoms. The lowest BCUT2D eigenvalue weighted by atomic mass is 10.1. The van der Waals surface area contributed by atoms with Crippen molar-refractivity contribution in [3.8, 4) is 0 Å². The summed E-state index contributed by atoms with van der Waals surface area (Å²) < 4.78 is 4.69. The molecule has 1 heterocycles. The van der Waals surface area contributed by atoms with Crippen molar-refractivity contribution < 1.29 is 9.53 Å². The summed E-state index contributed by atoms with van der Waals surface area (Å²) in [5.74, 6) is -0.323. The van der Waals surface area contributed by atoms with E-state index in [9.17, 15) is 4.79 Å². The molecule has 3 aromatic rings. The van der Waals surface area contributed by atoms with Gasteiger partial charge >= 0.3 is 5.97 Å². The Morgan fingerprint density at radius 2 is 1.77 bits per heavy atom. The van der Waals surface area contributed by atoms with Crippen LogP contribution in [0.1, 0.15) is 21.5 Å². The minimum Gasteiger partial charge on any atom is -0.465 e. The van der Waals surface area contributed by atoms with Crippen LogP contribution in [0.3, 0.4) is 0 Å². The van der Waals surface area contributed by atoms with Crippen molar-refractivity contribution in [3.05, 3.63) is 77.5 Å². The number of fused-ring (bicyclic) bond motifs is 1. The van der Waals surface area contributed by atoms with Crippen LogP contribution in [0, 0.1) is 0 Å². The van der Waals surface area contributed by atoms with E-state index in [1.165, 1.54) is 7.11 Å². The fraction of sp³-hybridized carbons (Fsp3) is 0.0526. The van der Waals surface area contributed by atoms with E-state index in [4.69, 9.17) is 0 Å². The Morgan fingerprint density at radius 3 is 2.55 bits per heavy atom. The second-order valence-electron chi connectivity index (χ2n) is 4.86. The van der Waals surface area contributed by atoms with Crippen molar-refractivity contribution in [2.45, 2.75) is 0 Å². The average Bonchev–Trinajstić information content (AvgIpc) is 2.59. The molecule has 0 aliphatic carbocycles. The molecule has 3 nitrogen and oxygen atoms in total. The van der Waals surface area contributed by atoms with Gasteiger partial charge in [-0.15, -0.1) is 0 Å². The number of hydrogen-bond donors (Lipinski definition) is 0. The summed E-state index contributed by atoms with van der Waals surface area (Å²) in [6.45, 7) is 0. The van der Waals surface area contributed by atoms with E-state index in [0.717, 1.165) is 22.0 Å². The monoisotopic (exact) mass is 289 g/mol. The van der Waals surface area contributed by atoms with E-state index >= 15 is 0 Å². The zero-order valence-corrected chi connectivity index (χ0v) is 12.2. The number of pyridine rings is 1. The van der Waals surface area contributed by atoms with Gasteiger partial charge in [0.2, 0.25) is 0 Å². The van der Waals surface area contributed by atoms with Crippen LogP contribution >= 0.6 is 0 Å². The van der Waals surface area contributed by atoms with Crippen LogP contribution in [-0.2, 0) is 4.74 Å². The van der Waals surface area contributed by atoms with E-state index in [1.807, 2.05) is 48.7 Å². The first-order chi connectivity index (χ1) is 10.8. The number of ether oxygens (including phenoxy) is 1. The van der Waals surface area contributed by atoms with E-state index < -0.39 is 0 Å². The van der Waals surface area contributed by atoms with Crippen LogP contribution in [0.5, 0.6) is 0 Å². The molecule has 0 radical (unpaired) electrons. The second-order valence-corrected chi connectivity index (χ2v) is 4.86. The minimum absolute atomic E-state index is 0.323. The first-order valence-electron chi connectivity index (χ1n) is 6.98. The first-order valence-corrected chi connectivity index (χ1v) is 6.98. The largest absolute Gasteiger partial charge is 0.465 e. The maximum Gasteiger partial charge on any atom is 0.337 e. The number of methoxy groups -OCH3 is 1. The Labute approximate surface area is 128 Å². The molecular weight excluding hydrogens is 274 g/mol. The van der Waals surface area contributed by atoms with Crippen LogP contribution in [-0.4, -0.2) is 18.1 Å². The Hall–Kier alpha value is -2.94. The minimum atomic E-state index is -0.323. The van der Waals surface area contributed by atoms with Crippen molar-refractivity contribution >= 4 is 29.0 Å². The highest BCUT2D eigenvalue weighted by Crippen LogP contribution is 2.18. The second kappa shape index (κ2) is 6.22. The molecule has 0 N–H and O–H groups in total. The molecule has 0 aliphatic rings. The third kappa shape index (κ3) is 2.88. The van der Waals surface area contributed by atoms with Crippen molar-refractivity contribution in [1.29, 1.82) is 0 Å². The Bertz CT molecular complexity index is 830. The lowest BCUT2D eigenvalue weighted by Crippen LogP contribution is -2.00. The number of rotatable bonds is 3. The molecule has 0 unspecified atom stereocenters. The van der Waals surface area contributed by atoms with Crippen LogP contribution in [0.4, 0.5) is 0 Å². The first kappa shape index (κ1) is 14.0. The summed E-state index contributed by atoms with van der Waals surface area (Å²) >= 11 is 0. The molecule has 0 atom stereocenters. The predicted octanol–water partition coefficient (Wildman–Crippen LogP) is 4.19. The van der Waals surface area contributed by atoms with Gasteiger partial charge in [-0.25, -0.2) is 4.79 Å². The van der Waals surface area contributed by atoms with Crippen LogP contribution in [0.2, 0.25) is 0 Å². The molecule has 108 valence electrons. The number of aromatic nitrogens is 1. The maximum atomic E-state index is 11.4. The molecule has 3 rings (SSSR count). The quantitative estimate of drug-likeness (QED) is 0.679. The summed E-state index contributed by atoms with van der Waals surface area (Å²) in [5.41, 5.74) is 3.66. The van der Waals surface area contributed by atoms with Crippen LogP contribution in [0.15, 0.2) is 60.8 Å². The molecule has 0 saturated carbocycles. The van der Waals surface area contributed by atoms with Crippen molar-refractivity contribution in [2.75, 3.05) is 7.11 Å². The Balaban J connectivity index is 1.88. The summed E-state index contributed by atoms with van der Waals surface area (Å²) in [4.78, 5) is 15.8. The highest BCUT2D eigenvalue weighted by atomic mass is 16.5. The van der Waals surface area contributed by atoms with Gasteiger partial charge in [0, 0.05) is 11.6 Å². The molecular formula is C19H15NO2. The smallest absolute Gasteiger partial charge is 0.337 e. The van der Waals surface area contributed by atoms with E-state index in [-0.39, 0.29) is 5.97 Å². The van der Waals surface area contributed by atoms with Gasteiger partial charge in [-0.05, 0) is 35.4 Å². The average molecular weight is 289 g/mol. The predicted molar refractivity (Wildman–Crippen MR) is 88.5 cm³/mol. The van der Waals surface area contributed by atoms with E-state index in [0.29, 0.717) is 5.56 Å². The zero-order chi connectivity index (χ0) is 15.4. The maximum absolute atomic E-state index is 11.4. The highest BCUT2D eigenvalue weighted by molar-refractivity contribution is 5.91. The van der Waals surface area contributed by atoms with Gasteiger partial charge in [0.05, 0.1) is 18.2 Å². The number of carbonyl (C=O) groups is 1. The third-order valence-electron chi connectivity index (χ3n) is 3.47. The van der Waals surface area contributed by atoms with E-state index in [2.05, 4.69) is 21.9 Å². The molecule has 3 heteroatoms. The normalized spacial score (nSPS) is 11.0. The SMILES string of the molecule is COC(=O)c1ccc(/C=C/c2ccnc3ccccc23)cc1. The molecule has 0 fully saturated rings. The van der Waals surface area contributed by atoms with Gasteiger partial charge < -0.3 is 4.74 Å². The van der Waals surface area contributed by atoms with Crippen LogP contribution < -0.4 is 0 Å². The Kier molecular flexibility index (Phi) is 3.97. The molecule has 1 aromatic heterocycles. The van der Waals surface area contributed by atoms with Crippen molar-refractivity contribution in [1.82, 2.24) is 4.98 Å². The zero-order valence-electron chi connectivity index (χ0n) is 12.2. The number of hydrogen-bond acceptors (Lipinski definition) is 3. The summed E-state index contributed by atoms with van der Waals surface area (Å²) in [7, 11) is 1.38. The molecule has 0 saturated heterocycles. The van der Waals surface area contributed by atoms with E-state index in [1.54, 1.807) is 12.1 Å². The molecule has 0 bridgehead atoms. The lowest BCUT2D eigenvalue weighted by molar-refractivity contribution is 0.0601. The standard InChI is InChI=1S/C19H15NO2/c1-22-19(21)16-10-7-14(8-11-16)6-9-15-12-13-20-18-5-3-2-4-17(15)18/h2-13H,1H3/b9-6+. The summed E-state index contributed by atoms with van der Waals surface area (Å²) in [6.07, 6.45) is 5.88. The van der Waals surface area contributed by atoms with Gasteiger partial charge in [0.15, 0.2) is 0 Å². The lowest BCUT2D eigenvalue weighted by Gasteiger charge is -2.02. The Morgan fingerprint density at radius 1 is 1.00 bits per heavy atom. The van der Waals surface area contributed by atoms with Crippen molar-refractivity contribution in [3.63, 3.8) is 0 Å². The molecule has 0 amide bonds. The molecule has 2 aromatic carbocycles. The summed E-state index contributed by atoms with van der Waals surface area (Å²) in [5, 5.41) is 1.12. The van der Waals surface area contributed by atoms with Gasteiger partial charge in [0.25, 0.3) is 0 Å². The topological polar surface area (TPSA) is 39.2 Å². The highest BCUT2D eigenvalue weighted by Gasteiger charge is 2.03. The number of nitrogens with zero attached hydrogens (tertiary/aromatic N) is 1. The number of para-hydroxylation sites is 1. The van der Waals surface area contributed by atoms with Gasteiger partial charge in [-0.1, -0.05) is 42.5 Å². The third-order valence-corrected chi connectivity index (χ3v) is 3.47. The number of carbonyl (C=O) groups excluding carboxylic acids is 1. The molecule has 0 spiro atoms. The molecule has 0 aliphatic heterocycles. The van der Waals surface area contributed by atoms with Gasteiger partial charge in [0.1, 0.15) is 0 Å².